The molecule has 1 saturated heterocycles. The Morgan fingerprint density at radius 2 is 2.29 bits per heavy atom. The fraction of sp³-hybridized carbons (Fsp3) is 0.545. The highest BCUT2D eigenvalue weighted by molar-refractivity contribution is 9.12. The number of rotatable bonds is 4. The summed E-state index contributed by atoms with van der Waals surface area (Å²) in [6.45, 7) is 2.89. The third-order valence-electron chi connectivity index (χ3n) is 2.96. The molecule has 0 radical (unpaired) electrons. The van der Waals surface area contributed by atoms with Crippen LogP contribution in [0.4, 0.5) is 0 Å². The van der Waals surface area contributed by atoms with Gasteiger partial charge in [0, 0.05) is 19.6 Å². The summed E-state index contributed by atoms with van der Waals surface area (Å²) in [5, 5.41) is 3.02. The van der Waals surface area contributed by atoms with E-state index in [4.69, 9.17) is 4.74 Å². The molecule has 2 heterocycles. The van der Waals surface area contributed by atoms with Crippen LogP contribution in [0.5, 0.6) is 0 Å². The number of hydrogen-bond donors (Lipinski definition) is 1. The summed E-state index contributed by atoms with van der Waals surface area (Å²) in [7, 11) is -3.76. The van der Waals surface area contributed by atoms with Gasteiger partial charge in [0.1, 0.15) is 10.9 Å². The van der Waals surface area contributed by atoms with E-state index in [0.717, 1.165) is 0 Å². The summed E-state index contributed by atoms with van der Waals surface area (Å²) >= 11 is 7.80. The molecule has 1 atom stereocenters. The predicted octanol–water partition coefficient (Wildman–Crippen LogP) is 1.80. The zero-order valence-corrected chi connectivity index (χ0v) is 15.9. The first-order chi connectivity index (χ1) is 9.87. The molecular weight excluding hydrogens is 448 g/mol. The molecule has 10 heteroatoms. The average Bonchev–Trinajstić information content (AvgIpc) is 2.79. The van der Waals surface area contributed by atoms with Crippen molar-refractivity contribution in [2.75, 3.05) is 26.2 Å². The Morgan fingerprint density at radius 3 is 2.86 bits per heavy atom. The van der Waals surface area contributed by atoms with Gasteiger partial charge in [-0.2, -0.15) is 4.31 Å². The molecule has 21 heavy (non-hydrogen) atoms. The fourth-order valence-corrected chi connectivity index (χ4v) is 7.38. The Hall–Kier alpha value is -0.000000000000000333. The lowest BCUT2D eigenvalue weighted by molar-refractivity contribution is -0.148. The highest BCUT2D eigenvalue weighted by atomic mass is 79.9. The quantitative estimate of drug-likeness (QED) is 0.692. The van der Waals surface area contributed by atoms with Crippen molar-refractivity contribution < 1.29 is 17.9 Å². The van der Waals surface area contributed by atoms with E-state index in [0.29, 0.717) is 14.1 Å². The third-order valence-corrected chi connectivity index (χ3v) is 7.63. The molecule has 0 bridgehead atoms. The Kier molecular flexibility index (Phi) is 5.83. The summed E-state index contributed by atoms with van der Waals surface area (Å²) in [4.78, 5) is 12.2. The molecule has 1 unspecified atom stereocenters. The topological polar surface area (TPSA) is 75.7 Å². The van der Waals surface area contributed by atoms with Crippen molar-refractivity contribution in [3.63, 3.8) is 0 Å². The van der Waals surface area contributed by atoms with Crippen LogP contribution in [0.25, 0.3) is 0 Å². The zero-order chi connectivity index (χ0) is 15.6. The van der Waals surface area contributed by atoms with Crippen LogP contribution in [0, 0.1) is 0 Å². The first-order valence-electron chi connectivity index (χ1n) is 6.22. The van der Waals surface area contributed by atoms with Crippen molar-refractivity contribution >= 4 is 59.2 Å². The number of ether oxygens (including phenoxy) is 1. The molecule has 0 saturated carbocycles. The van der Waals surface area contributed by atoms with Crippen LogP contribution in [0.15, 0.2) is 18.5 Å². The standard InChI is InChI=1S/C11H14Br2N2O4S2/c1-2-19-11(16)7-6-14-3-4-15(7)21(17,18)8-5-9(12)20-10(8)13/h5,7,14H,2-4,6H2,1H3. The maximum atomic E-state index is 12.8. The number of thiophene rings is 1. The molecule has 2 rings (SSSR count). The molecule has 1 aromatic heterocycles. The number of esters is 1. The zero-order valence-electron chi connectivity index (χ0n) is 11.1. The van der Waals surface area contributed by atoms with Gasteiger partial charge in [-0.15, -0.1) is 11.3 Å². The summed E-state index contributed by atoms with van der Waals surface area (Å²) < 4.78 is 33.0. The number of halogens is 2. The van der Waals surface area contributed by atoms with E-state index >= 15 is 0 Å². The summed E-state index contributed by atoms with van der Waals surface area (Å²) in [6.07, 6.45) is 0. The first kappa shape index (κ1) is 17.4. The Morgan fingerprint density at radius 1 is 1.57 bits per heavy atom. The monoisotopic (exact) mass is 460 g/mol. The van der Waals surface area contributed by atoms with Crippen molar-refractivity contribution in [1.82, 2.24) is 9.62 Å². The Bertz CT molecular complexity index is 632. The van der Waals surface area contributed by atoms with Crippen molar-refractivity contribution in [3.8, 4) is 0 Å². The van der Waals surface area contributed by atoms with Crippen LogP contribution < -0.4 is 5.32 Å². The van der Waals surface area contributed by atoms with E-state index < -0.39 is 22.0 Å². The van der Waals surface area contributed by atoms with Crippen LogP contribution in [-0.2, 0) is 19.6 Å². The summed E-state index contributed by atoms with van der Waals surface area (Å²) in [5.41, 5.74) is 0. The maximum absolute atomic E-state index is 12.8. The maximum Gasteiger partial charge on any atom is 0.325 e. The second-order valence-electron chi connectivity index (χ2n) is 4.28. The minimum atomic E-state index is -3.76. The molecule has 0 amide bonds. The van der Waals surface area contributed by atoms with Crippen molar-refractivity contribution in [2.24, 2.45) is 0 Å². The minimum Gasteiger partial charge on any atom is -0.465 e. The van der Waals surface area contributed by atoms with E-state index in [1.54, 1.807) is 6.92 Å². The fourth-order valence-electron chi connectivity index (χ4n) is 2.04. The van der Waals surface area contributed by atoms with Crippen molar-refractivity contribution in [1.29, 1.82) is 0 Å². The number of hydrogen-bond acceptors (Lipinski definition) is 6. The molecule has 1 aliphatic rings. The molecule has 118 valence electrons. The number of carbonyl (C=O) groups is 1. The van der Waals surface area contributed by atoms with E-state index in [2.05, 4.69) is 37.2 Å². The van der Waals surface area contributed by atoms with Gasteiger partial charge in [0.05, 0.1) is 14.2 Å². The lowest BCUT2D eigenvalue weighted by Crippen LogP contribution is -2.57. The lowest BCUT2D eigenvalue weighted by atomic mass is 10.2. The second-order valence-corrected chi connectivity index (χ2v) is 9.88. The SMILES string of the molecule is CCOC(=O)C1CNCCN1S(=O)(=O)c1cc(Br)sc1Br. The molecule has 0 aliphatic carbocycles. The van der Waals surface area contributed by atoms with Gasteiger partial charge in [-0.3, -0.25) is 4.79 Å². The molecule has 0 spiro atoms. The van der Waals surface area contributed by atoms with Crippen molar-refractivity contribution in [2.45, 2.75) is 17.9 Å². The van der Waals surface area contributed by atoms with E-state index in [-0.39, 0.29) is 24.6 Å². The van der Waals surface area contributed by atoms with Crippen LogP contribution in [-0.4, -0.2) is 51.0 Å². The van der Waals surface area contributed by atoms with Gasteiger partial charge in [0.2, 0.25) is 10.0 Å². The number of sulfonamides is 1. The molecule has 1 fully saturated rings. The average molecular weight is 462 g/mol. The van der Waals surface area contributed by atoms with Gasteiger partial charge in [-0.05, 0) is 44.8 Å². The highest BCUT2D eigenvalue weighted by Crippen LogP contribution is 2.36. The summed E-state index contributed by atoms with van der Waals surface area (Å²) in [5.74, 6) is -0.529. The van der Waals surface area contributed by atoms with E-state index in [1.807, 2.05) is 0 Å². The van der Waals surface area contributed by atoms with Crippen LogP contribution in [0.2, 0.25) is 0 Å². The largest absolute Gasteiger partial charge is 0.465 e. The lowest BCUT2D eigenvalue weighted by Gasteiger charge is -2.33. The smallest absolute Gasteiger partial charge is 0.325 e. The highest BCUT2D eigenvalue weighted by Gasteiger charge is 2.39. The molecule has 1 aliphatic heterocycles. The van der Waals surface area contributed by atoms with Crippen LogP contribution >= 0.6 is 43.2 Å². The third kappa shape index (κ3) is 3.67. The van der Waals surface area contributed by atoms with E-state index in [1.165, 1.54) is 21.7 Å². The van der Waals surface area contributed by atoms with Gasteiger partial charge >= 0.3 is 5.97 Å². The number of carbonyl (C=O) groups excluding carboxylic acids is 1. The number of piperazine rings is 1. The van der Waals surface area contributed by atoms with Gasteiger partial charge in [0.25, 0.3) is 0 Å². The van der Waals surface area contributed by atoms with Crippen LogP contribution in [0.1, 0.15) is 6.92 Å². The van der Waals surface area contributed by atoms with Gasteiger partial charge < -0.3 is 10.1 Å². The van der Waals surface area contributed by atoms with Gasteiger partial charge in [-0.1, -0.05) is 0 Å². The molecule has 0 aromatic carbocycles. The second kappa shape index (κ2) is 7.05. The number of nitrogens with zero attached hydrogens (tertiary/aromatic N) is 1. The summed E-state index contributed by atoms with van der Waals surface area (Å²) in [6, 6.07) is 0.697. The van der Waals surface area contributed by atoms with Gasteiger partial charge in [0.15, 0.2) is 0 Å². The number of nitrogens with one attached hydrogen (secondary N) is 1. The predicted molar refractivity (Wildman–Crippen MR) is 86.9 cm³/mol. The molecular formula is C11H14Br2N2O4S2. The van der Waals surface area contributed by atoms with E-state index in [9.17, 15) is 13.2 Å². The molecule has 1 aromatic rings. The Balaban J connectivity index is 2.36. The van der Waals surface area contributed by atoms with Crippen molar-refractivity contribution in [3.05, 3.63) is 13.6 Å². The normalized spacial score (nSPS) is 20.4. The molecule has 6 nitrogen and oxygen atoms in total. The first-order valence-corrected chi connectivity index (χ1v) is 10.1. The van der Waals surface area contributed by atoms with Gasteiger partial charge in [-0.25, -0.2) is 8.42 Å². The minimum absolute atomic E-state index is 0.163. The Labute approximate surface area is 144 Å². The van der Waals surface area contributed by atoms with Crippen LogP contribution in [0.3, 0.4) is 0 Å². The molecule has 1 N–H and O–H groups in total.